The maximum absolute atomic E-state index is 13.4. The molecule has 0 radical (unpaired) electrons. The van der Waals surface area contributed by atoms with Crippen molar-refractivity contribution in [2.24, 2.45) is 0 Å². The van der Waals surface area contributed by atoms with Gasteiger partial charge in [-0.15, -0.1) is 0 Å². The molecule has 3 aromatic rings. The van der Waals surface area contributed by atoms with Crippen molar-refractivity contribution in [3.63, 3.8) is 0 Å². The number of carbonyl (C=O) groups is 1. The lowest BCUT2D eigenvalue weighted by molar-refractivity contribution is -0.141. The second-order valence-corrected chi connectivity index (χ2v) is 8.14. The highest BCUT2D eigenvalue weighted by molar-refractivity contribution is 6.00. The van der Waals surface area contributed by atoms with Crippen LogP contribution < -0.4 is 15.8 Å². The molecule has 0 aliphatic heterocycles. The first-order valence-corrected chi connectivity index (χ1v) is 10.6. The van der Waals surface area contributed by atoms with Crippen LogP contribution in [0.15, 0.2) is 60.8 Å². The van der Waals surface area contributed by atoms with Gasteiger partial charge in [-0.05, 0) is 48.1 Å². The first kappa shape index (κ1) is 22.6. The summed E-state index contributed by atoms with van der Waals surface area (Å²) in [6, 6.07) is 16.5. The third-order valence-corrected chi connectivity index (χ3v) is 5.89. The second-order valence-electron chi connectivity index (χ2n) is 8.14. The number of ether oxygens (including phenoxy) is 1. The summed E-state index contributed by atoms with van der Waals surface area (Å²) in [7, 11) is 0. The standard InChI is InChI=1S/C25H24F3N3O2/c1-16-13-17(29)14-30-22(16)33-12-6-11-24(23(32)31-15-25(26,27)28)20-9-4-2-7-18(20)19-8-3-5-10-21(19)24/h2-5,7-10,13-14H,6,11-12,15,29H2,1H3,(H,31,32). The average Bonchev–Trinajstić information content (AvgIpc) is 3.07. The highest BCUT2D eigenvalue weighted by Crippen LogP contribution is 2.51. The SMILES string of the molecule is Cc1cc(N)cnc1OCCCC1(C(=O)NCC(F)(F)F)c2ccccc2-c2ccccc21. The van der Waals surface area contributed by atoms with Crippen molar-refractivity contribution in [2.75, 3.05) is 18.9 Å². The van der Waals surface area contributed by atoms with E-state index in [9.17, 15) is 18.0 Å². The number of nitrogens with two attached hydrogens (primary N) is 1. The molecule has 1 heterocycles. The third kappa shape index (κ3) is 4.37. The highest BCUT2D eigenvalue weighted by atomic mass is 19.4. The molecule has 0 spiro atoms. The summed E-state index contributed by atoms with van der Waals surface area (Å²) in [5.41, 5.74) is 8.90. The molecule has 1 aliphatic rings. The zero-order valence-electron chi connectivity index (χ0n) is 18.1. The second kappa shape index (κ2) is 8.77. The van der Waals surface area contributed by atoms with Gasteiger partial charge in [0.25, 0.3) is 0 Å². The number of hydrogen-bond acceptors (Lipinski definition) is 4. The number of hydrogen-bond donors (Lipinski definition) is 2. The van der Waals surface area contributed by atoms with Crippen LogP contribution in [0, 0.1) is 6.92 Å². The monoisotopic (exact) mass is 455 g/mol. The molecule has 0 atom stereocenters. The van der Waals surface area contributed by atoms with E-state index in [2.05, 4.69) is 10.3 Å². The number of nitrogens with one attached hydrogen (secondary N) is 1. The van der Waals surface area contributed by atoms with Crippen LogP contribution in [0.2, 0.25) is 0 Å². The molecule has 0 saturated carbocycles. The Balaban J connectivity index is 1.64. The topological polar surface area (TPSA) is 77.2 Å². The van der Waals surface area contributed by atoms with E-state index in [0.717, 1.165) is 16.7 Å². The van der Waals surface area contributed by atoms with Gasteiger partial charge < -0.3 is 15.8 Å². The minimum atomic E-state index is -4.50. The number of fused-ring (bicyclic) bond motifs is 3. The van der Waals surface area contributed by atoms with Gasteiger partial charge in [-0.25, -0.2) is 4.98 Å². The molecule has 8 heteroatoms. The smallest absolute Gasteiger partial charge is 0.405 e. The number of amides is 1. The summed E-state index contributed by atoms with van der Waals surface area (Å²) in [4.78, 5) is 17.6. The van der Waals surface area contributed by atoms with Crippen LogP contribution in [0.5, 0.6) is 5.88 Å². The van der Waals surface area contributed by atoms with Crippen LogP contribution in [0.3, 0.4) is 0 Å². The van der Waals surface area contributed by atoms with E-state index < -0.39 is 24.0 Å². The van der Waals surface area contributed by atoms with Crippen molar-refractivity contribution in [3.05, 3.63) is 77.5 Å². The molecule has 5 nitrogen and oxygen atoms in total. The summed E-state index contributed by atoms with van der Waals surface area (Å²) >= 11 is 0. The minimum Gasteiger partial charge on any atom is -0.477 e. The van der Waals surface area contributed by atoms with E-state index in [1.54, 1.807) is 18.2 Å². The Bertz CT molecular complexity index is 1130. The van der Waals surface area contributed by atoms with Gasteiger partial charge in [0.1, 0.15) is 12.0 Å². The van der Waals surface area contributed by atoms with Gasteiger partial charge >= 0.3 is 6.18 Å². The zero-order chi connectivity index (χ0) is 23.6. The molecule has 33 heavy (non-hydrogen) atoms. The van der Waals surface area contributed by atoms with Gasteiger partial charge in [0.2, 0.25) is 11.8 Å². The van der Waals surface area contributed by atoms with E-state index in [0.29, 0.717) is 29.1 Å². The van der Waals surface area contributed by atoms with Gasteiger partial charge in [-0.1, -0.05) is 48.5 Å². The molecule has 0 unspecified atom stereocenters. The van der Waals surface area contributed by atoms with Crippen molar-refractivity contribution in [1.82, 2.24) is 10.3 Å². The number of rotatable bonds is 7. The fourth-order valence-corrected chi connectivity index (χ4v) is 4.53. The molecule has 172 valence electrons. The number of carbonyl (C=O) groups excluding carboxylic acids is 1. The van der Waals surface area contributed by atoms with Crippen LogP contribution in [0.25, 0.3) is 11.1 Å². The molecule has 0 saturated heterocycles. The number of pyridine rings is 1. The van der Waals surface area contributed by atoms with Crippen LogP contribution in [-0.4, -0.2) is 30.2 Å². The number of aromatic nitrogens is 1. The lowest BCUT2D eigenvalue weighted by Crippen LogP contribution is -2.47. The minimum absolute atomic E-state index is 0.246. The Labute approximate surface area is 189 Å². The Kier molecular flexibility index (Phi) is 6.01. The Morgan fingerprint density at radius 1 is 1.09 bits per heavy atom. The van der Waals surface area contributed by atoms with Gasteiger partial charge in [0.15, 0.2) is 0 Å². The summed E-state index contributed by atoms with van der Waals surface area (Å²) in [6.07, 6.45) is -2.31. The molecule has 1 aromatic heterocycles. The zero-order valence-corrected chi connectivity index (χ0v) is 18.1. The number of alkyl halides is 3. The first-order valence-electron chi connectivity index (χ1n) is 10.6. The molecule has 2 aromatic carbocycles. The molecular formula is C25H24F3N3O2. The molecular weight excluding hydrogens is 431 g/mol. The quantitative estimate of drug-likeness (QED) is 0.503. The van der Waals surface area contributed by atoms with E-state index in [-0.39, 0.29) is 13.0 Å². The predicted octanol–water partition coefficient (Wildman–Crippen LogP) is 4.78. The van der Waals surface area contributed by atoms with Gasteiger partial charge in [0.05, 0.1) is 18.5 Å². The largest absolute Gasteiger partial charge is 0.477 e. The van der Waals surface area contributed by atoms with E-state index in [4.69, 9.17) is 10.5 Å². The van der Waals surface area contributed by atoms with E-state index >= 15 is 0 Å². The van der Waals surface area contributed by atoms with Gasteiger partial charge in [-0.2, -0.15) is 13.2 Å². The van der Waals surface area contributed by atoms with E-state index in [1.165, 1.54) is 6.20 Å². The number of halogens is 3. The molecule has 0 bridgehead atoms. The van der Waals surface area contributed by atoms with Crippen molar-refractivity contribution < 1.29 is 22.7 Å². The number of aryl methyl sites for hydroxylation is 1. The Morgan fingerprint density at radius 3 is 2.27 bits per heavy atom. The van der Waals surface area contributed by atoms with Crippen molar-refractivity contribution in [1.29, 1.82) is 0 Å². The van der Waals surface area contributed by atoms with Crippen molar-refractivity contribution >= 4 is 11.6 Å². The summed E-state index contributed by atoms with van der Waals surface area (Å²) < 4.78 is 44.6. The van der Waals surface area contributed by atoms with Crippen LogP contribution >= 0.6 is 0 Å². The number of nitrogens with zero attached hydrogens (tertiary/aromatic N) is 1. The predicted molar refractivity (Wildman–Crippen MR) is 120 cm³/mol. The van der Waals surface area contributed by atoms with Crippen molar-refractivity contribution in [2.45, 2.75) is 31.4 Å². The fourth-order valence-electron chi connectivity index (χ4n) is 4.53. The van der Waals surface area contributed by atoms with Crippen LogP contribution in [-0.2, 0) is 10.2 Å². The van der Waals surface area contributed by atoms with Crippen LogP contribution in [0.4, 0.5) is 18.9 Å². The number of nitrogen functional groups attached to an aromatic ring is 1. The summed E-state index contributed by atoms with van der Waals surface area (Å²) in [5.74, 6) is -0.231. The molecule has 1 amide bonds. The Morgan fingerprint density at radius 2 is 1.70 bits per heavy atom. The van der Waals surface area contributed by atoms with Crippen molar-refractivity contribution in [3.8, 4) is 17.0 Å². The Hall–Kier alpha value is -3.55. The maximum atomic E-state index is 13.4. The normalized spacial score (nSPS) is 13.8. The molecule has 0 fully saturated rings. The molecule has 3 N–H and O–H groups in total. The van der Waals surface area contributed by atoms with Gasteiger partial charge in [0, 0.05) is 5.56 Å². The third-order valence-electron chi connectivity index (χ3n) is 5.89. The fraction of sp³-hybridized carbons (Fsp3) is 0.280. The average molecular weight is 455 g/mol. The lowest BCUT2D eigenvalue weighted by Gasteiger charge is -2.31. The van der Waals surface area contributed by atoms with E-state index in [1.807, 2.05) is 43.3 Å². The lowest BCUT2D eigenvalue weighted by atomic mass is 9.73. The highest BCUT2D eigenvalue weighted by Gasteiger charge is 2.49. The molecule has 1 aliphatic carbocycles. The van der Waals surface area contributed by atoms with Crippen LogP contribution in [0.1, 0.15) is 29.5 Å². The number of benzene rings is 2. The van der Waals surface area contributed by atoms with Gasteiger partial charge in [-0.3, -0.25) is 4.79 Å². The number of anilines is 1. The maximum Gasteiger partial charge on any atom is 0.405 e. The summed E-state index contributed by atoms with van der Waals surface area (Å²) in [6.45, 7) is 0.688. The first-order chi connectivity index (χ1) is 15.7. The summed E-state index contributed by atoms with van der Waals surface area (Å²) in [5, 5.41) is 2.13. The molecule has 4 rings (SSSR count).